The average Bonchev–Trinajstić information content (AvgIpc) is 3.56. The number of hydrogen-bond acceptors (Lipinski definition) is 8. The minimum atomic E-state index is -0.0465. The molecule has 4 aromatic rings. The monoisotopic (exact) mass is 497 g/mol. The van der Waals surface area contributed by atoms with Gasteiger partial charge in [0.25, 0.3) is 0 Å². The average molecular weight is 498 g/mol. The number of carbonyl (C=O) groups is 1. The van der Waals surface area contributed by atoms with Crippen molar-refractivity contribution in [3.63, 3.8) is 0 Å². The van der Waals surface area contributed by atoms with Crippen molar-refractivity contribution in [2.75, 3.05) is 44.6 Å². The lowest BCUT2D eigenvalue weighted by Gasteiger charge is -2.27. The van der Waals surface area contributed by atoms with Crippen LogP contribution in [0, 0.1) is 12.8 Å². The van der Waals surface area contributed by atoms with Crippen LogP contribution in [0.25, 0.3) is 33.5 Å². The maximum Gasteiger partial charge on any atom is 0.310 e. The molecule has 0 aliphatic carbocycles. The summed E-state index contributed by atoms with van der Waals surface area (Å²) in [4.78, 5) is 31.8. The minimum Gasteiger partial charge on any atom is -0.459 e. The zero-order valence-corrected chi connectivity index (χ0v) is 20.9. The summed E-state index contributed by atoms with van der Waals surface area (Å²) in [6.45, 7) is 6.88. The van der Waals surface area contributed by atoms with E-state index < -0.39 is 0 Å². The molecule has 3 N–H and O–H groups in total. The molecule has 1 aromatic carbocycles. The van der Waals surface area contributed by atoms with E-state index in [-0.39, 0.29) is 18.0 Å². The first-order chi connectivity index (χ1) is 18.1. The van der Waals surface area contributed by atoms with Crippen LogP contribution in [-0.4, -0.2) is 76.2 Å². The summed E-state index contributed by atoms with van der Waals surface area (Å²) in [6.07, 6.45) is 4.51. The van der Waals surface area contributed by atoms with Crippen molar-refractivity contribution in [1.29, 1.82) is 0 Å². The standard InChI is InChI=1S/C28H31N7O2/c1-18-3-2-4-25(34-18)27-26(32-17-33-27)19-5-6-24-21(11-19)12-22(13-31-24)30-8-10-35-9-7-20(16-35)28(36)37-23-14-29-15-23/h2-6,11-13,17,20,23,29-30H,7-10,14-16H2,1H3,(H,32,33)/t20-/m1/s1. The van der Waals surface area contributed by atoms with Gasteiger partial charge in [0.15, 0.2) is 0 Å². The Hall–Kier alpha value is -3.82. The fourth-order valence-electron chi connectivity index (χ4n) is 4.96. The number of hydrogen-bond donors (Lipinski definition) is 3. The number of nitrogens with zero attached hydrogens (tertiary/aromatic N) is 4. The highest BCUT2D eigenvalue weighted by Gasteiger charge is 2.32. The predicted octanol–water partition coefficient (Wildman–Crippen LogP) is 3.24. The Kier molecular flexibility index (Phi) is 6.55. The van der Waals surface area contributed by atoms with E-state index >= 15 is 0 Å². The summed E-state index contributed by atoms with van der Waals surface area (Å²) in [5, 5.41) is 7.67. The molecule has 0 unspecified atom stereocenters. The molecule has 9 nitrogen and oxygen atoms in total. The third-order valence-electron chi connectivity index (χ3n) is 7.13. The van der Waals surface area contributed by atoms with Gasteiger partial charge < -0.3 is 25.3 Å². The third-order valence-corrected chi connectivity index (χ3v) is 7.13. The molecule has 0 bridgehead atoms. The van der Waals surface area contributed by atoms with Gasteiger partial charge in [-0.05, 0) is 50.2 Å². The van der Waals surface area contributed by atoms with Gasteiger partial charge in [0, 0.05) is 49.4 Å². The van der Waals surface area contributed by atoms with Gasteiger partial charge in [-0.2, -0.15) is 0 Å². The zero-order valence-electron chi connectivity index (χ0n) is 20.9. The van der Waals surface area contributed by atoms with E-state index in [1.165, 1.54) is 0 Å². The molecule has 0 spiro atoms. The molecule has 2 aliphatic heterocycles. The van der Waals surface area contributed by atoms with Gasteiger partial charge in [-0.1, -0.05) is 12.1 Å². The number of H-pyrrole nitrogens is 1. The Labute approximate surface area is 215 Å². The van der Waals surface area contributed by atoms with E-state index in [0.29, 0.717) is 0 Å². The number of aryl methyl sites for hydroxylation is 1. The molecule has 3 aromatic heterocycles. The topological polar surface area (TPSA) is 108 Å². The van der Waals surface area contributed by atoms with Gasteiger partial charge in [0.05, 0.1) is 46.7 Å². The Morgan fingerprint density at radius 3 is 2.95 bits per heavy atom. The molecule has 6 rings (SSSR count). The Morgan fingerprint density at radius 2 is 2.11 bits per heavy atom. The highest BCUT2D eigenvalue weighted by atomic mass is 16.5. The first-order valence-electron chi connectivity index (χ1n) is 12.9. The molecule has 9 heteroatoms. The van der Waals surface area contributed by atoms with Gasteiger partial charge >= 0.3 is 5.97 Å². The largest absolute Gasteiger partial charge is 0.459 e. The lowest BCUT2D eigenvalue weighted by Crippen LogP contribution is -2.50. The van der Waals surface area contributed by atoms with Crippen molar-refractivity contribution >= 4 is 22.6 Å². The smallest absolute Gasteiger partial charge is 0.310 e. The van der Waals surface area contributed by atoms with Crippen LogP contribution in [-0.2, 0) is 9.53 Å². The Balaban J connectivity index is 1.09. The maximum atomic E-state index is 12.3. The van der Waals surface area contributed by atoms with Crippen molar-refractivity contribution in [3.05, 3.63) is 60.7 Å². The maximum absolute atomic E-state index is 12.3. The van der Waals surface area contributed by atoms with Crippen LogP contribution in [0.3, 0.4) is 0 Å². The van der Waals surface area contributed by atoms with E-state index in [1.54, 1.807) is 6.33 Å². The summed E-state index contributed by atoms with van der Waals surface area (Å²) >= 11 is 0. The highest BCUT2D eigenvalue weighted by molar-refractivity contribution is 5.88. The summed E-state index contributed by atoms with van der Waals surface area (Å²) in [6, 6.07) is 14.3. The van der Waals surface area contributed by atoms with Gasteiger partial charge in [-0.25, -0.2) is 4.98 Å². The van der Waals surface area contributed by atoms with Crippen molar-refractivity contribution in [1.82, 2.24) is 30.2 Å². The number of anilines is 1. The molecule has 37 heavy (non-hydrogen) atoms. The predicted molar refractivity (Wildman–Crippen MR) is 143 cm³/mol. The molecule has 5 heterocycles. The van der Waals surface area contributed by atoms with Crippen molar-refractivity contribution in [3.8, 4) is 22.6 Å². The van der Waals surface area contributed by atoms with Crippen LogP contribution >= 0.6 is 0 Å². The van der Waals surface area contributed by atoms with Crippen molar-refractivity contribution in [2.24, 2.45) is 5.92 Å². The fraction of sp³-hybridized carbons (Fsp3) is 0.357. The molecule has 0 amide bonds. The molecule has 2 fully saturated rings. The summed E-state index contributed by atoms with van der Waals surface area (Å²) < 4.78 is 5.55. The number of rotatable bonds is 8. The van der Waals surface area contributed by atoms with E-state index in [9.17, 15) is 4.79 Å². The molecular weight excluding hydrogens is 466 g/mol. The molecule has 190 valence electrons. The van der Waals surface area contributed by atoms with Crippen LogP contribution in [0.4, 0.5) is 5.69 Å². The van der Waals surface area contributed by atoms with Crippen molar-refractivity contribution in [2.45, 2.75) is 19.4 Å². The lowest BCUT2D eigenvalue weighted by molar-refractivity contribution is -0.155. The van der Waals surface area contributed by atoms with Crippen LogP contribution in [0.5, 0.6) is 0 Å². The second-order valence-corrected chi connectivity index (χ2v) is 9.85. The van der Waals surface area contributed by atoms with Gasteiger partial charge in [0.2, 0.25) is 0 Å². The summed E-state index contributed by atoms with van der Waals surface area (Å²) in [5.74, 6) is -0.0574. The number of carbonyl (C=O) groups excluding carboxylic acids is 1. The zero-order chi connectivity index (χ0) is 25.2. The molecule has 0 radical (unpaired) electrons. The number of pyridine rings is 2. The van der Waals surface area contributed by atoms with Crippen LogP contribution in [0.15, 0.2) is 55.0 Å². The summed E-state index contributed by atoms with van der Waals surface area (Å²) in [5.41, 5.74) is 6.53. The first-order valence-corrected chi connectivity index (χ1v) is 12.9. The number of nitrogens with one attached hydrogen (secondary N) is 3. The fourth-order valence-corrected chi connectivity index (χ4v) is 4.96. The van der Waals surface area contributed by atoms with E-state index in [2.05, 4.69) is 47.6 Å². The highest BCUT2D eigenvalue weighted by Crippen LogP contribution is 2.30. The number of likely N-dealkylation sites (tertiary alicyclic amines) is 1. The van der Waals surface area contributed by atoms with E-state index in [4.69, 9.17) is 4.74 Å². The summed E-state index contributed by atoms with van der Waals surface area (Å²) in [7, 11) is 0. The molecular formula is C28H31N7O2. The van der Waals surface area contributed by atoms with Crippen LogP contribution < -0.4 is 10.6 Å². The minimum absolute atomic E-state index is 0.0108. The third kappa shape index (κ3) is 5.19. The van der Waals surface area contributed by atoms with E-state index in [0.717, 1.165) is 90.6 Å². The normalized spacial score (nSPS) is 18.1. The molecule has 0 saturated carbocycles. The SMILES string of the molecule is Cc1cccc(-c2[nH]cnc2-c2ccc3ncc(NCCN4CC[C@@H](C(=O)OC5CNC5)C4)cc3c2)n1. The second-order valence-electron chi connectivity index (χ2n) is 9.85. The Bertz CT molecular complexity index is 1410. The second kappa shape index (κ2) is 10.3. The molecule has 2 aliphatic rings. The molecule has 1 atom stereocenters. The number of ether oxygens (including phenoxy) is 1. The van der Waals surface area contributed by atoms with Crippen LogP contribution in [0.2, 0.25) is 0 Å². The van der Waals surface area contributed by atoms with E-state index in [1.807, 2.05) is 43.5 Å². The van der Waals surface area contributed by atoms with Gasteiger partial charge in [0.1, 0.15) is 6.10 Å². The van der Waals surface area contributed by atoms with Gasteiger partial charge in [-0.3, -0.25) is 14.8 Å². The number of aromatic amines is 1. The quantitative estimate of drug-likeness (QED) is 0.319. The number of esters is 1. The molecule has 2 saturated heterocycles. The number of fused-ring (bicyclic) bond motifs is 1. The number of benzene rings is 1. The van der Waals surface area contributed by atoms with Gasteiger partial charge in [-0.15, -0.1) is 0 Å². The van der Waals surface area contributed by atoms with Crippen LogP contribution in [0.1, 0.15) is 12.1 Å². The Morgan fingerprint density at radius 1 is 1.19 bits per heavy atom. The lowest BCUT2D eigenvalue weighted by atomic mass is 10.0. The first kappa shape index (κ1) is 23.6. The number of imidazole rings is 1. The number of aromatic nitrogens is 4. The van der Waals surface area contributed by atoms with Crippen molar-refractivity contribution < 1.29 is 9.53 Å².